The fraction of sp³-hybridized carbons (Fsp3) is 0.357. The third-order valence-corrected chi connectivity index (χ3v) is 2.74. The molecule has 0 saturated heterocycles. The number of carbonyl (C=O) groups excluding carboxylic acids is 1. The summed E-state index contributed by atoms with van der Waals surface area (Å²) in [6, 6.07) is 7.88. The Kier molecular flexibility index (Phi) is 3.39. The van der Waals surface area contributed by atoms with Crippen LogP contribution >= 0.6 is 0 Å². The van der Waals surface area contributed by atoms with Gasteiger partial charge in [-0.3, -0.25) is 4.79 Å². The highest BCUT2D eigenvalue weighted by Crippen LogP contribution is 2.17. The lowest BCUT2D eigenvalue weighted by atomic mass is 10.1. The number of para-hydroxylation sites is 1. The third kappa shape index (κ3) is 3.11. The van der Waals surface area contributed by atoms with E-state index in [2.05, 4.69) is 10.3 Å². The molecular weight excluding hydrogens is 228 g/mol. The topological polar surface area (TPSA) is 65.1 Å². The molecule has 0 aliphatic rings. The van der Waals surface area contributed by atoms with Crippen LogP contribution in [0.1, 0.15) is 19.4 Å². The Morgan fingerprint density at radius 3 is 2.83 bits per heavy atom. The number of nitrogens with one attached hydrogen (secondary N) is 2. The zero-order valence-corrected chi connectivity index (χ0v) is 10.7. The summed E-state index contributed by atoms with van der Waals surface area (Å²) in [4.78, 5) is 14.9. The Morgan fingerprint density at radius 1 is 1.39 bits per heavy atom. The monoisotopic (exact) mass is 246 g/mol. The summed E-state index contributed by atoms with van der Waals surface area (Å²) < 4.78 is 0. The van der Waals surface area contributed by atoms with Crippen LogP contribution in [0.25, 0.3) is 10.9 Å². The maximum Gasteiger partial charge on any atom is 0.224 e. The van der Waals surface area contributed by atoms with E-state index in [1.165, 1.54) is 0 Å². The first kappa shape index (κ1) is 12.6. The van der Waals surface area contributed by atoms with Gasteiger partial charge in [0.1, 0.15) is 0 Å². The minimum Gasteiger partial charge on any atom is -0.389 e. The van der Waals surface area contributed by atoms with Gasteiger partial charge in [-0.1, -0.05) is 18.2 Å². The second-order valence-corrected chi connectivity index (χ2v) is 5.13. The molecule has 0 spiro atoms. The Morgan fingerprint density at radius 2 is 2.11 bits per heavy atom. The van der Waals surface area contributed by atoms with Gasteiger partial charge < -0.3 is 15.4 Å². The minimum absolute atomic E-state index is 0.0816. The van der Waals surface area contributed by atoms with Crippen molar-refractivity contribution in [2.45, 2.75) is 25.9 Å². The molecule has 2 aromatic rings. The van der Waals surface area contributed by atoms with E-state index in [-0.39, 0.29) is 12.5 Å². The van der Waals surface area contributed by atoms with Gasteiger partial charge in [0.15, 0.2) is 0 Å². The molecule has 1 aromatic heterocycles. The number of fused-ring (bicyclic) bond motifs is 1. The van der Waals surface area contributed by atoms with E-state index >= 15 is 0 Å². The summed E-state index contributed by atoms with van der Waals surface area (Å²) in [5, 5.41) is 13.3. The SMILES string of the molecule is CC(C)(O)CNC(=O)Cc1c[nH]c2ccccc12. The zero-order valence-electron chi connectivity index (χ0n) is 10.7. The molecule has 4 nitrogen and oxygen atoms in total. The summed E-state index contributed by atoms with van der Waals surface area (Å²) >= 11 is 0. The summed E-state index contributed by atoms with van der Waals surface area (Å²) in [6.45, 7) is 3.59. The van der Waals surface area contributed by atoms with Crippen molar-refractivity contribution in [2.24, 2.45) is 0 Å². The number of carbonyl (C=O) groups is 1. The van der Waals surface area contributed by atoms with Gasteiger partial charge in [0.05, 0.1) is 12.0 Å². The molecule has 3 N–H and O–H groups in total. The molecule has 0 aliphatic heterocycles. The molecule has 1 aromatic carbocycles. The molecule has 0 saturated carbocycles. The van der Waals surface area contributed by atoms with E-state index < -0.39 is 5.60 Å². The average molecular weight is 246 g/mol. The van der Waals surface area contributed by atoms with Gasteiger partial charge in [0, 0.05) is 23.6 Å². The van der Waals surface area contributed by atoms with Gasteiger partial charge in [0.2, 0.25) is 5.91 Å². The second kappa shape index (κ2) is 4.82. The summed E-state index contributed by atoms with van der Waals surface area (Å²) in [7, 11) is 0. The molecule has 2 rings (SSSR count). The van der Waals surface area contributed by atoms with Crippen LogP contribution in [-0.4, -0.2) is 28.1 Å². The van der Waals surface area contributed by atoms with E-state index in [4.69, 9.17) is 0 Å². The maximum absolute atomic E-state index is 11.8. The van der Waals surface area contributed by atoms with Crippen LogP contribution in [0.15, 0.2) is 30.5 Å². The van der Waals surface area contributed by atoms with Crippen LogP contribution in [0, 0.1) is 0 Å². The van der Waals surface area contributed by atoms with Crippen molar-refractivity contribution in [1.82, 2.24) is 10.3 Å². The van der Waals surface area contributed by atoms with Crippen LogP contribution < -0.4 is 5.32 Å². The molecule has 1 amide bonds. The molecule has 0 bridgehead atoms. The molecule has 4 heteroatoms. The van der Waals surface area contributed by atoms with Crippen molar-refractivity contribution in [3.63, 3.8) is 0 Å². The highest BCUT2D eigenvalue weighted by Gasteiger charge is 2.14. The smallest absolute Gasteiger partial charge is 0.224 e. The normalized spacial score (nSPS) is 11.7. The fourth-order valence-corrected chi connectivity index (χ4v) is 1.83. The molecule has 0 radical (unpaired) electrons. The fourth-order valence-electron chi connectivity index (χ4n) is 1.83. The largest absolute Gasteiger partial charge is 0.389 e. The predicted octanol–water partition coefficient (Wildman–Crippen LogP) is 1.60. The van der Waals surface area contributed by atoms with E-state index in [0.717, 1.165) is 16.5 Å². The molecule has 18 heavy (non-hydrogen) atoms. The van der Waals surface area contributed by atoms with Gasteiger partial charge in [-0.05, 0) is 25.5 Å². The van der Waals surface area contributed by atoms with E-state index in [9.17, 15) is 9.90 Å². The Balaban J connectivity index is 2.03. The first-order valence-electron chi connectivity index (χ1n) is 6.00. The van der Waals surface area contributed by atoms with Gasteiger partial charge >= 0.3 is 0 Å². The lowest BCUT2D eigenvalue weighted by Gasteiger charge is -2.17. The average Bonchev–Trinajstić information content (AvgIpc) is 2.70. The van der Waals surface area contributed by atoms with Crippen molar-refractivity contribution < 1.29 is 9.90 Å². The highest BCUT2D eigenvalue weighted by atomic mass is 16.3. The van der Waals surface area contributed by atoms with E-state index in [0.29, 0.717) is 6.42 Å². The van der Waals surface area contributed by atoms with Crippen LogP contribution in [0.2, 0.25) is 0 Å². The van der Waals surface area contributed by atoms with Crippen LogP contribution in [0.5, 0.6) is 0 Å². The highest BCUT2D eigenvalue weighted by molar-refractivity contribution is 5.88. The lowest BCUT2D eigenvalue weighted by Crippen LogP contribution is -2.38. The number of H-pyrrole nitrogens is 1. The van der Waals surface area contributed by atoms with Crippen molar-refractivity contribution >= 4 is 16.8 Å². The zero-order chi connectivity index (χ0) is 13.2. The molecular formula is C14H18N2O2. The van der Waals surface area contributed by atoms with E-state index in [1.54, 1.807) is 13.8 Å². The number of amides is 1. The van der Waals surface area contributed by atoms with Crippen LogP contribution in [0.3, 0.4) is 0 Å². The van der Waals surface area contributed by atoms with Crippen molar-refractivity contribution in [3.05, 3.63) is 36.0 Å². The lowest BCUT2D eigenvalue weighted by molar-refractivity contribution is -0.121. The quantitative estimate of drug-likeness (QED) is 0.767. The summed E-state index contributed by atoms with van der Waals surface area (Å²) in [5.74, 6) is -0.0816. The number of aromatic amines is 1. The number of hydrogen-bond acceptors (Lipinski definition) is 2. The molecule has 96 valence electrons. The number of benzene rings is 1. The number of aliphatic hydroxyl groups is 1. The van der Waals surface area contributed by atoms with Gasteiger partial charge in [-0.2, -0.15) is 0 Å². The van der Waals surface area contributed by atoms with Crippen LogP contribution in [-0.2, 0) is 11.2 Å². The Bertz CT molecular complexity index is 552. The van der Waals surface area contributed by atoms with Gasteiger partial charge in [0.25, 0.3) is 0 Å². The molecule has 0 aliphatic carbocycles. The van der Waals surface area contributed by atoms with Crippen molar-refractivity contribution in [2.75, 3.05) is 6.54 Å². The van der Waals surface area contributed by atoms with Gasteiger partial charge in [-0.25, -0.2) is 0 Å². The van der Waals surface area contributed by atoms with Crippen molar-refractivity contribution in [3.8, 4) is 0 Å². The Hall–Kier alpha value is -1.81. The number of hydrogen-bond donors (Lipinski definition) is 3. The maximum atomic E-state index is 11.8. The number of aromatic nitrogens is 1. The number of rotatable bonds is 4. The first-order chi connectivity index (χ1) is 8.46. The third-order valence-electron chi connectivity index (χ3n) is 2.74. The standard InChI is InChI=1S/C14H18N2O2/c1-14(2,18)9-16-13(17)7-10-8-15-12-6-4-3-5-11(10)12/h3-6,8,15,18H,7,9H2,1-2H3,(H,16,17). The predicted molar refractivity (Wildman–Crippen MR) is 71.3 cm³/mol. The first-order valence-corrected chi connectivity index (χ1v) is 6.00. The molecule has 0 unspecified atom stereocenters. The molecule has 1 heterocycles. The molecule has 0 atom stereocenters. The Labute approximate surface area is 106 Å². The van der Waals surface area contributed by atoms with Crippen molar-refractivity contribution in [1.29, 1.82) is 0 Å². The minimum atomic E-state index is -0.879. The van der Waals surface area contributed by atoms with Gasteiger partial charge in [-0.15, -0.1) is 0 Å². The summed E-state index contributed by atoms with van der Waals surface area (Å²) in [6.07, 6.45) is 2.18. The molecule has 0 fully saturated rings. The second-order valence-electron chi connectivity index (χ2n) is 5.13. The van der Waals surface area contributed by atoms with E-state index in [1.807, 2.05) is 30.5 Å². The van der Waals surface area contributed by atoms with Crippen LogP contribution in [0.4, 0.5) is 0 Å². The summed E-state index contributed by atoms with van der Waals surface area (Å²) in [5.41, 5.74) is 1.12.